The number of aliphatic carboxylic acids is 1. The molecule has 11 N–H and O–H groups in total. The molecule has 196 valence electrons. The lowest BCUT2D eigenvalue weighted by molar-refractivity contribution is -0.142. The van der Waals surface area contributed by atoms with Gasteiger partial charge in [-0.1, -0.05) is 27.7 Å². The van der Waals surface area contributed by atoms with E-state index in [9.17, 15) is 29.4 Å². The zero-order chi connectivity index (χ0) is 26.4. The van der Waals surface area contributed by atoms with E-state index in [-0.39, 0.29) is 37.2 Å². The Hall–Kier alpha value is -2.93. The molecule has 0 saturated carbocycles. The summed E-state index contributed by atoms with van der Waals surface area (Å²) in [5.74, 6) is -3.31. The number of carbonyl (C=O) groups is 4. The van der Waals surface area contributed by atoms with Gasteiger partial charge in [-0.2, -0.15) is 0 Å². The molecule has 13 heteroatoms. The monoisotopic (exact) mass is 487 g/mol. The SMILES string of the molecule is CC(C)CC(N)C(=O)NC(CO)C(=O)NC(CC(C)C)C(=O)NC(CCCN=C(N)N)C(=O)O. The summed E-state index contributed by atoms with van der Waals surface area (Å²) in [6, 6.07) is -4.46. The van der Waals surface area contributed by atoms with Crippen molar-refractivity contribution >= 4 is 29.7 Å². The zero-order valence-electron chi connectivity index (χ0n) is 20.4. The molecular formula is C21H41N7O6. The second kappa shape index (κ2) is 15.8. The molecule has 0 heterocycles. The number of amides is 3. The largest absolute Gasteiger partial charge is 0.480 e. The van der Waals surface area contributed by atoms with E-state index in [1.165, 1.54) is 0 Å². The van der Waals surface area contributed by atoms with Gasteiger partial charge in [0, 0.05) is 6.54 Å². The van der Waals surface area contributed by atoms with E-state index in [0.29, 0.717) is 12.8 Å². The molecule has 0 aromatic carbocycles. The predicted octanol–water partition coefficient (Wildman–Crippen LogP) is -2.01. The molecule has 13 nitrogen and oxygen atoms in total. The summed E-state index contributed by atoms with van der Waals surface area (Å²) in [5, 5.41) is 26.3. The molecule has 0 aliphatic carbocycles. The first-order chi connectivity index (χ1) is 15.8. The maximum absolute atomic E-state index is 12.8. The number of aliphatic hydroxyl groups excluding tert-OH is 1. The number of carbonyl (C=O) groups excluding carboxylic acids is 3. The average molecular weight is 488 g/mol. The van der Waals surface area contributed by atoms with Crippen LogP contribution in [0.5, 0.6) is 0 Å². The highest BCUT2D eigenvalue weighted by molar-refractivity contribution is 5.94. The lowest BCUT2D eigenvalue weighted by Gasteiger charge is -2.25. The Balaban J connectivity index is 5.23. The van der Waals surface area contributed by atoms with Crippen molar-refractivity contribution in [1.82, 2.24) is 16.0 Å². The lowest BCUT2D eigenvalue weighted by Crippen LogP contribution is -2.58. The van der Waals surface area contributed by atoms with Crippen molar-refractivity contribution in [2.75, 3.05) is 13.2 Å². The Kier molecular flexibility index (Phi) is 14.5. The highest BCUT2D eigenvalue weighted by atomic mass is 16.4. The van der Waals surface area contributed by atoms with Gasteiger partial charge in [-0.25, -0.2) is 4.79 Å². The molecule has 0 bridgehead atoms. The minimum absolute atomic E-state index is 0.0252. The second-order valence-corrected chi connectivity index (χ2v) is 9.02. The molecule has 0 spiro atoms. The fourth-order valence-corrected chi connectivity index (χ4v) is 3.10. The fourth-order valence-electron chi connectivity index (χ4n) is 3.10. The Morgan fingerprint density at radius 3 is 1.79 bits per heavy atom. The number of aliphatic hydroxyl groups is 1. The quantitative estimate of drug-likeness (QED) is 0.0681. The van der Waals surface area contributed by atoms with Crippen molar-refractivity contribution in [1.29, 1.82) is 0 Å². The molecule has 0 aromatic heterocycles. The first-order valence-electron chi connectivity index (χ1n) is 11.3. The van der Waals surface area contributed by atoms with Crippen LogP contribution in [-0.2, 0) is 19.2 Å². The van der Waals surface area contributed by atoms with Crippen LogP contribution >= 0.6 is 0 Å². The third-order valence-corrected chi connectivity index (χ3v) is 4.78. The lowest BCUT2D eigenvalue weighted by atomic mass is 10.0. The number of nitrogens with one attached hydrogen (secondary N) is 3. The molecule has 0 rings (SSSR count). The summed E-state index contributed by atoms with van der Waals surface area (Å²) in [6.45, 7) is 6.93. The van der Waals surface area contributed by atoms with Gasteiger partial charge in [0.2, 0.25) is 17.7 Å². The van der Waals surface area contributed by atoms with E-state index in [2.05, 4.69) is 20.9 Å². The van der Waals surface area contributed by atoms with Crippen molar-refractivity contribution in [2.24, 2.45) is 34.0 Å². The van der Waals surface area contributed by atoms with Crippen LogP contribution in [-0.4, -0.2) is 77.2 Å². The molecule has 4 unspecified atom stereocenters. The van der Waals surface area contributed by atoms with Gasteiger partial charge in [0.1, 0.15) is 18.1 Å². The summed E-state index contributed by atoms with van der Waals surface area (Å²) >= 11 is 0. The standard InChI is InChI=1S/C21H41N7O6/c1-11(2)8-13(22)17(30)28-16(10-29)19(32)27-15(9-12(3)4)18(31)26-14(20(33)34)6-5-7-25-21(23)24/h11-16,29H,5-10,22H2,1-4H3,(H,26,31)(H,27,32)(H,28,30)(H,33,34)(H4,23,24,25). The van der Waals surface area contributed by atoms with Crippen LogP contribution < -0.4 is 33.2 Å². The first-order valence-corrected chi connectivity index (χ1v) is 11.3. The van der Waals surface area contributed by atoms with Crippen LogP contribution in [0.3, 0.4) is 0 Å². The van der Waals surface area contributed by atoms with Crippen molar-refractivity contribution in [3.05, 3.63) is 0 Å². The fraction of sp³-hybridized carbons (Fsp3) is 0.762. The number of guanidine groups is 1. The normalized spacial score (nSPS) is 14.6. The van der Waals surface area contributed by atoms with E-state index < -0.39 is 54.5 Å². The Morgan fingerprint density at radius 2 is 1.32 bits per heavy atom. The van der Waals surface area contributed by atoms with Crippen LogP contribution in [0.1, 0.15) is 53.4 Å². The number of nitrogens with two attached hydrogens (primary N) is 3. The van der Waals surface area contributed by atoms with Crippen molar-refractivity contribution in [2.45, 2.75) is 77.5 Å². The van der Waals surface area contributed by atoms with Gasteiger partial charge >= 0.3 is 5.97 Å². The third kappa shape index (κ3) is 12.9. The molecule has 0 fully saturated rings. The Morgan fingerprint density at radius 1 is 0.824 bits per heavy atom. The molecule has 0 aliphatic rings. The topological polar surface area (TPSA) is 235 Å². The van der Waals surface area contributed by atoms with Gasteiger partial charge in [0.25, 0.3) is 0 Å². The number of carboxylic acid groups (broad SMARTS) is 1. The number of nitrogens with zero attached hydrogens (tertiary/aromatic N) is 1. The van der Waals surface area contributed by atoms with Crippen LogP contribution in [0.4, 0.5) is 0 Å². The number of rotatable bonds is 16. The summed E-state index contributed by atoms with van der Waals surface area (Å²) in [7, 11) is 0. The van der Waals surface area contributed by atoms with Crippen molar-refractivity contribution < 1.29 is 29.4 Å². The third-order valence-electron chi connectivity index (χ3n) is 4.78. The van der Waals surface area contributed by atoms with Gasteiger partial charge in [-0.3, -0.25) is 19.4 Å². The van der Waals surface area contributed by atoms with Crippen molar-refractivity contribution in [3.8, 4) is 0 Å². The first kappa shape index (κ1) is 31.1. The number of hydrogen-bond acceptors (Lipinski definition) is 7. The van der Waals surface area contributed by atoms with Gasteiger partial charge in [0.05, 0.1) is 12.6 Å². The Labute approximate surface area is 200 Å². The zero-order valence-corrected chi connectivity index (χ0v) is 20.4. The maximum atomic E-state index is 12.8. The van der Waals surface area contributed by atoms with E-state index in [0.717, 1.165) is 0 Å². The van der Waals surface area contributed by atoms with E-state index in [4.69, 9.17) is 17.2 Å². The van der Waals surface area contributed by atoms with E-state index in [1.807, 2.05) is 27.7 Å². The van der Waals surface area contributed by atoms with Crippen LogP contribution in [0.25, 0.3) is 0 Å². The molecule has 3 amide bonds. The molecule has 0 aromatic rings. The number of carboxylic acids is 1. The van der Waals surface area contributed by atoms with Crippen LogP contribution in [0, 0.1) is 11.8 Å². The summed E-state index contributed by atoms with van der Waals surface area (Å²) in [4.78, 5) is 53.1. The average Bonchev–Trinajstić information content (AvgIpc) is 2.71. The summed E-state index contributed by atoms with van der Waals surface area (Å²) < 4.78 is 0. The van der Waals surface area contributed by atoms with Gasteiger partial charge < -0.3 is 43.4 Å². The molecule has 34 heavy (non-hydrogen) atoms. The molecular weight excluding hydrogens is 446 g/mol. The summed E-state index contributed by atoms with van der Waals surface area (Å²) in [5.41, 5.74) is 16.3. The molecule has 0 aliphatic heterocycles. The number of aliphatic imine (C=N–C) groups is 1. The summed E-state index contributed by atoms with van der Waals surface area (Å²) in [6.07, 6.45) is 0.982. The molecule has 0 radical (unpaired) electrons. The second-order valence-electron chi connectivity index (χ2n) is 9.02. The van der Waals surface area contributed by atoms with Gasteiger partial charge in [-0.15, -0.1) is 0 Å². The maximum Gasteiger partial charge on any atom is 0.326 e. The van der Waals surface area contributed by atoms with Gasteiger partial charge in [-0.05, 0) is 37.5 Å². The minimum atomic E-state index is -1.32. The Bertz CT molecular complexity index is 710. The minimum Gasteiger partial charge on any atom is -0.480 e. The van der Waals surface area contributed by atoms with Crippen LogP contribution in [0.15, 0.2) is 4.99 Å². The predicted molar refractivity (Wildman–Crippen MR) is 127 cm³/mol. The van der Waals surface area contributed by atoms with E-state index in [1.54, 1.807) is 0 Å². The van der Waals surface area contributed by atoms with E-state index >= 15 is 0 Å². The molecule has 0 saturated heterocycles. The highest BCUT2D eigenvalue weighted by Gasteiger charge is 2.30. The van der Waals surface area contributed by atoms with Crippen molar-refractivity contribution in [3.63, 3.8) is 0 Å². The van der Waals surface area contributed by atoms with Crippen LogP contribution in [0.2, 0.25) is 0 Å². The highest BCUT2D eigenvalue weighted by Crippen LogP contribution is 2.08. The molecule has 4 atom stereocenters. The van der Waals surface area contributed by atoms with Gasteiger partial charge in [0.15, 0.2) is 5.96 Å². The smallest absolute Gasteiger partial charge is 0.326 e. The number of hydrogen-bond donors (Lipinski definition) is 8.